The molecule has 0 spiro atoms. The standard InChI is InChI=1S/C23H22N2O6Si/c1-17(31-23(26)18-13-19(24(27)28)15-20(14-18)25(29)30)16-32(2,21-9-5-3-6-10-21)22-11-7-4-8-12-22/h3-15,17H,16H2,1-2H3. The predicted molar refractivity (Wildman–Crippen MR) is 123 cm³/mol. The van der Waals surface area contributed by atoms with Gasteiger partial charge in [-0.15, -0.1) is 0 Å². The smallest absolute Gasteiger partial charge is 0.338 e. The van der Waals surface area contributed by atoms with Gasteiger partial charge in [-0.05, 0) is 13.0 Å². The van der Waals surface area contributed by atoms with Crippen LogP contribution in [0.3, 0.4) is 0 Å². The lowest BCUT2D eigenvalue weighted by Crippen LogP contribution is -2.57. The molecule has 0 saturated carbocycles. The molecule has 3 aromatic rings. The number of ether oxygens (including phenoxy) is 1. The van der Waals surface area contributed by atoms with Crippen LogP contribution in [0.1, 0.15) is 17.3 Å². The first-order chi connectivity index (χ1) is 15.2. The van der Waals surface area contributed by atoms with E-state index in [9.17, 15) is 25.0 Å². The van der Waals surface area contributed by atoms with E-state index in [1.54, 1.807) is 6.92 Å². The largest absolute Gasteiger partial charge is 0.459 e. The van der Waals surface area contributed by atoms with E-state index in [1.165, 1.54) is 10.4 Å². The molecule has 9 heteroatoms. The SMILES string of the molecule is CC(C[Si](C)(c1ccccc1)c1ccccc1)OC(=O)c1cc([N+](=O)[O-])cc([N+](=O)[O-])c1. The summed E-state index contributed by atoms with van der Waals surface area (Å²) in [6.07, 6.45) is -0.516. The summed E-state index contributed by atoms with van der Waals surface area (Å²) in [5, 5.41) is 24.6. The van der Waals surface area contributed by atoms with Gasteiger partial charge in [0.25, 0.3) is 11.4 Å². The number of hydrogen-bond acceptors (Lipinski definition) is 6. The van der Waals surface area contributed by atoms with E-state index < -0.39 is 41.4 Å². The second kappa shape index (κ2) is 9.52. The summed E-state index contributed by atoms with van der Waals surface area (Å²) in [5.41, 5.74) is -1.29. The summed E-state index contributed by atoms with van der Waals surface area (Å²) in [7, 11) is -2.28. The number of nitrogens with zero attached hydrogens (tertiary/aromatic N) is 2. The molecule has 0 amide bonds. The normalized spacial score (nSPS) is 12.1. The third kappa shape index (κ3) is 5.06. The van der Waals surface area contributed by atoms with E-state index >= 15 is 0 Å². The first kappa shape index (κ1) is 22.8. The highest BCUT2D eigenvalue weighted by atomic mass is 28.3. The Labute approximate surface area is 185 Å². The Morgan fingerprint density at radius 3 is 1.72 bits per heavy atom. The Morgan fingerprint density at radius 1 is 0.875 bits per heavy atom. The number of carbonyl (C=O) groups excluding carboxylic acids is 1. The first-order valence-corrected chi connectivity index (χ1v) is 12.7. The molecule has 164 valence electrons. The fourth-order valence-electron chi connectivity index (χ4n) is 3.81. The zero-order valence-corrected chi connectivity index (χ0v) is 18.6. The minimum atomic E-state index is -2.28. The van der Waals surface area contributed by atoms with Crippen LogP contribution in [0.25, 0.3) is 0 Å². The van der Waals surface area contributed by atoms with Crippen molar-refractivity contribution in [2.75, 3.05) is 0 Å². The second-order valence-corrected chi connectivity index (χ2v) is 12.0. The van der Waals surface area contributed by atoms with Crippen LogP contribution < -0.4 is 10.4 Å². The maximum absolute atomic E-state index is 12.7. The summed E-state index contributed by atoms with van der Waals surface area (Å²) in [6.45, 7) is 3.96. The zero-order chi connectivity index (χ0) is 23.3. The lowest BCUT2D eigenvalue weighted by Gasteiger charge is -2.31. The van der Waals surface area contributed by atoms with Gasteiger partial charge in [0.2, 0.25) is 0 Å². The molecule has 0 bridgehead atoms. The molecule has 1 atom stereocenters. The van der Waals surface area contributed by atoms with Crippen molar-refractivity contribution >= 4 is 35.8 Å². The lowest BCUT2D eigenvalue weighted by molar-refractivity contribution is -0.394. The van der Waals surface area contributed by atoms with E-state index in [-0.39, 0.29) is 5.56 Å². The minimum Gasteiger partial charge on any atom is -0.459 e. The monoisotopic (exact) mass is 450 g/mol. The quantitative estimate of drug-likeness (QED) is 0.222. The van der Waals surface area contributed by atoms with Gasteiger partial charge in [-0.1, -0.05) is 77.6 Å². The number of non-ortho nitro benzene ring substituents is 2. The van der Waals surface area contributed by atoms with Gasteiger partial charge in [0.05, 0.1) is 27.6 Å². The molecule has 3 aromatic carbocycles. The minimum absolute atomic E-state index is 0.222. The molecule has 32 heavy (non-hydrogen) atoms. The highest BCUT2D eigenvalue weighted by molar-refractivity contribution is 7.01. The molecule has 0 radical (unpaired) electrons. The third-order valence-corrected chi connectivity index (χ3v) is 9.99. The number of benzene rings is 3. The molecule has 0 aliphatic heterocycles. The maximum Gasteiger partial charge on any atom is 0.338 e. The molecular formula is C23H22N2O6Si. The van der Waals surface area contributed by atoms with Gasteiger partial charge in [0, 0.05) is 12.1 Å². The molecule has 0 aliphatic carbocycles. The van der Waals surface area contributed by atoms with Gasteiger partial charge in [-0.3, -0.25) is 20.2 Å². The van der Waals surface area contributed by atoms with Crippen molar-refractivity contribution < 1.29 is 19.4 Å². The molecule has 0 aromatic heterocycles. The predicted octanol–water partition coefficient (Wildman–Crippen LogP) is 3.94. The molecule has 0 N–H and O–H groups in total. The van der Waals surface area contributed by atoms with Crippen LogP contribution in [0.4, 0.5) is 11.4 Å². The van der Waals surface area contributed by atoms with E-state index in [0.717, 1.165) is 18.2 Å². The average Bonchev–Trinajstić information content (AvgIpc) is 2.79. The summed E-state index contributed by atoms with van der Waals surface area (Å²) >= 11 is 0. The molecular weight excluding hydrogens is 428 g/mol. The van der Waals surface area contributed by atoms with Gasteiger partial charge >= 0.3 is 5.97 Å². The van der Waals surface area contributed by atoms with Crippen LogP contribution in [0.15, 0.2) is 78.9 Å². The molecule has 8 nitrogen and oxygen atoms in total. The van der Waals surface area contributed by atoms with Gasteiger partial charge in [-0.25, -0.2) is 4.79 Å². The van der Waals surface area contributed by atoms with Crippen LogP contribution in [0, 0.1) is 20.2 Å². The van der Waals surface area contributed by atoms with Crippen molar-refractivity contribution in [3.8, 4) is 0 Å². The van der Waals surface area contributed by atoms with E-state index in [1.807, 2.05) is 36.4 Å². The average molecular weight is 451 g/mol. The van der Waals surface area contributed by atoms with Crippen LogP contribution in [0.2, 0.25) is 12.6 Å². The summed E-state index contributed by atoms with van der Waals surface area (Å²) in [4.78, 5) is 33.4. The molecule has 0 aliphatic rings. The molecule has 0 heterocycles. The van der Waals surface area contributed by atoms with Crippen LogP contribution in [0.5, 0.6) is 0 Å². The van der Waals surface area contributed by atoms with E-state index in [4.69, 9.17) is 4.74 Å². The zero-order valence-electron chi connectivity index (χ0n) is 17.6. The summed E-state index contributed by atoms with van der Waals surface area (Å²) in [5.74, 6) is -0.832. The Bertz CT molecular complexity index is 1070. The van der Waals surface area contributed by atoms with Crippen molar-refractivity contribution in [2.24, 2.45) is 0 Å². The van der Waals surface area contributed by atoms with Crippen molar-refractivity contribution in [1.29, 1.82) is 0 Å². The maximum atomic E-state index is 12.7. The van der Waals surface area contributed by atoms with Crippen LogP contribution in [-0.2, 0) is 4.74 Å². The van der Waals surface area contributed by atoms with Gasteiger partial charge in [-0.2, -0.15) is 0 Å². The van der Waals surface area contributed by atoms with Crippen LogP contribution in [-0.4, -0.2) is 30.0 Å². The highest BCUT2D eigenvalue weighted by Crippen LogP contribution is 2.24. The number of hydrogen-bond donors (Lipinski definition) is 0. The highest BCUT2D eigenvalue weighted by Gasteiger charge is 2.35. The first-order valence-electron chi connectivity index (χ1n) is 9.96. The Balaban J connectivity index is 1.87. The van der Waals surface area contributed by atoms with Crippen molar-refractivity contribution in [2.45, 2.75) is 25.6 Å². The van der Waals surface area contributed by atoms with Crippen LogP contribution >= 0.6 is 0 Å². The van der Waals surface area contributed by atoms with Gasteiger partial charge < -0.3 is 4.74 Å². The molecule has 1 unspecified atom stereocenters. The fourth-order valence-corrected chi connectivity index (χ4v) is 7.70. The van der Waals surface area contributed by atoms with Crippen molar-refractivity contribution in [3.63, 3.8) is 0 Å². The summed E-state index contributed by atoms with van der Waals surface area (Å²) < 4.78 is 5.60. The van der Waals surface area contributed by atoms with Gasteiger partial charge in [0.15, 0.2) is 0 Å². The van der Waals surface area contributed by atoms with E-state index in [0.29, 0.717) is 6.04 Å². The molecule has 0 fully saturated rings. The molecule has 0 saturated heterocycles. The number of nitro benzene ring substituents is 2. The second-order valence-electron chi connectivity index (χ2n) is 7.74. The number of rotatable bonds is 8. The number of nitro groups is 2. The summed E-state index contributed by atoms with van der Waals surface area (Å²) in [6, 6.07) is 23.4. The molecule has 3 rings (SSSR count). The Hall–Kier alpha value is -3.85. The topological polar surface area (TPSA) is 113 Å². The number of carbonyl (C=O) groups is 1. The number of esters is 1. The van der Waals surface area contributed by atoms with E-state index in [2.05, 4.69) is 30.8 Å². The Morgan fingerprint density at radius 2 is 1.31 bits per heavy atom. The fraction of sp³-hybridized carbons (Fsp3) is 0.174. The van der Waals surface area contributed by atoms with Crippen molar-refractivity contribution in [1.82, 2.24) is 0 Å². The Kier molecular flexibility index (Phi) is 6.79. The van der Waals surface area contributed by atoms with Gasteiger partial charge in [0.1, 0.15) is 8.07 Å². The lowest BCUT2D eigenvalue weighted by atomic mass is 10.2. The third-order valence-electron chi connectivity index (χ3n) is 5.39. The van der Waals surface area contributed by atoms with Crippen molar-refractivity contribution in [3.05, 3.63) is 105 Å².